The molecule has 7 nitrogen and oxygen atoms in total. The van der Waals surface area contributed by atoms with Crippen LogP contribution < -0.4 is 21.1 Å². The molecule has 0 saturated carbocycles. The van der Waals surface area contributed by atoms with Crippen LogP contribution in [0.1, 0.15) is 11.4 Å². The van der Waals surface area contributed by atoms with Crippen molar-refractivity contribution in [1.29, 1.82) is 0 Å². The van der Waals surface area contributed by atoms with Gasteiger partial charge in [0.15, 0.2) is 0 Å². The summed E-state index contributed by atoms with van der Waals surface area (Å²) in [6.07, 6.45) is 0.406. The van der Waals surface area contributed by atoms with E-state index < -0.39 is 6.04 Å². The quantitative estimate of drug-likeness (QED) is 0.443. The molecule has 2 amide bonds. The minimum atomic E-state index is -0.753. The van der Waals surface area contributed by atoms with Gasteiger partial charge in [0, 0.05) is 24.5 Å². The number of fused-ring (bicyclic) bond motifs is 1. The lowest BCUT2D eigenvalue weighted by atomic mass is 10.2. The summed E-state index contributed by atoms with van der Waals surface area (Å²) >= 11 is 7.48. The molecule has 3 aromatic rings. The average Bonchev–Trinajstić information content (AvgIpc) is 3.13. The van der Waals surface area contributed by atoms with Crippen LogP contribution in [0.15, 0.2) is 48.5 Å². The van der Waals surface area contributed by atoms with Crippen molar-refractivity contribution in [2.75, 3.05) is 19.7 Å². The summed E-state index contributed by atoms with van der Waals surface area (Å²) in [5.41, 5.74) is 6.28. The molecular weight excluding hydrogens is 424 g/mol. The predicted octanol–water partition coefficient (Wildman–Crippen LogP) is 2.52. The Bertz CT molecular complexity index is 996. The van der Waals surface area contributed by atoms with Crippen molar-refractivity contribution in [2.45, 2.75) is 18.9 Å². The first-order valence-electron chi connectivity index (χ1n) is 9.55. The molecule has 0 bridgehead atoms. The molecule has 0 radical (unpaired) electrons. The minimum absolute atomic E-state index is 0.130. The van der Waals surface area contributed by atoms with Crippen molar-refractivity contribution >= 4 is 45.0 Å². The van der Waals surface area contributed by atoms with Gasteiger partial charge in [0.2, 0.25) is 11.8 Å². The molecular formula is C21H23ClN4O3S. The van der Waals surface area contributed by atoms with Gasteiger partial charge in [0.25, 0.3) is 0 Å². The van der Waals surface area contributed by atoms with Gasteiger partial charge < -0.3 is 21.1 Å². The summed E-state index contributed by atoms with van der Waals surface area (Å²) in [7, 11) is 0. The van der Waals surface area contributed by atoms with Gasteiger partial charge in [-0.15, -0.1) is 11.3 Å². The first kappa shape index (κ1) is 22.0. The monoisotopic (exact) mass is 446 g/mol. The third-order valence-electron chi connectivity index (χ3n) is 4.21. The van der Waals surface area contributed by atoms with Gasteiger partial charge in [-0.3, -0.25) is 9.59 Å². The summed E-state index contributed by atoms with van der Waals surface area (Å²) in [6, 6.07) is 13.9. The molecule has 3 rings (SSSR count). The molecule has 0 fully saturated rings. The number of halogens is 1. The highest BCUT2D eigenvalue weighted by molar-refractivity contribution is 7.18. The van der Waals surface area contributed by atoms with E-state index in [-0.39, 0.29) is 31.3 Å². The van der Waals surface area contributed by atoms with E-state index in [4.69, 9.17) is 22.1 Å². The van der Waals surface area contributed by atoms with E-state index in [1.807, 2.05) is 42.5 Å². The number of nitrogens with zero attached hydrogens (tertiary/aromatic N) is 1. The summed E-state index contributed by atoms with van der Waals surface area (Å²) in [5.74, 6) is 0.119. The Balaban J connectivity index is 1.62. The summed E-state index contributed by atoms with van der Waals surface area (Å²) in [4.78, 5) is 29.5. The van der Waals surface area contributed by atoms with E-state index in [1.165, 1.54) is 11.3 Å². The maximum Gasteiger partial charge on any atom is 0.243 e. The molecule has 0 spiro atoms. The van der Waals surface area contributed by atoms with Crippen LogP contribution >= 0.6 is 22.9 Å². The van der Waals surface area contributed by atoms with Crippen molar-refractivity contribution in [2.24, 2.45) is 5.73 Å². The standard InChI is InChI=1S/C21H23ClN4O3S/c22-14-6-7-16-18(12-14)30-20(26-16)13-17(21(28)24-10-9-23)25-19(27)8-11-29-15-4-2-1-3-5-15/h1-7,12,17H,8-11,13,23H2,(H,24,28)(H,25,27)/t17-/m0/s1. The number of nitrogens with one attached hydrogen (secondary N) is 2. The highest BCUT2D eigenvalue weighted by Crippen LogP contribution is 2.26. The van der Waals surface area contributed by atoms with Crippen LogP contribution in [-0.2, 0) is 16.0 Å². The lowest BCUT2D eigenvalue weighted by molar-refractivity contribution is -0.129. The highest BCUT2D eigenvalue weighted by Gasteiger charge is 2.22. The Morgan fingerprint density at radius 2 is 2.00 bits per heavy atom. The SMILES string of the molecule is NCCNC(=O)[C@H](Cc1nc2ccc(Cl)cc2s1)NC(=O)CCOc1ccccc1. The molecule has 0 aliphatic rings. The smallest absolute Gasteiger partial charge is 0.243 e. The molecule has 0 unspecified atom stereocenters. The molecule has 4 N–H and O–H groups in total. The molecule has 0 aliphatic carbocycles. The van der Waals surface area contributed by atoms with E-state index in [0.717, 1.165) is 15.2 Å². The summed E-state index contributed by atoms with van der Waals surface area (Å²) < 4.78 is 6.48. The van der Waals surface area contributed by atoms with E-state index in [1.54, 1.807) is 6.07 Å². The summed E-state index contributed by atoms with van der Waals surface area (Å²) in [6.45, 7) is 0.862. The summed E-state index contributed by atoms with van der Waals surface area (Å²) in [5, 5.41) is 6.88. The normalized spacial score (nSPS) is 11.8. The Morgan fingerprint density at radius 3 is 2.77 bits per heavy atom. The van der Waals surface area contributed by atoms with Gasteiger partial charge >= 0.3 is 0 Å². The molecule has 1 atom stereocenters. The third kappa shape index (κ3) is 6.41. The van der Waals surface area contributed by atoms with Crippen molar-refractivity contribution in [3.8, 4) is 5.75 Å². The fourth-order valence-corrected chi connectivity index (χ4v) is 4.07. The van der Waals surface area contributed by atoms with Gasteiger partial charge in [-0.2, -0.15) is 0 Å². The first-order chi connectivity index (χ1) is 14.5. The zero-order valence-corrected chi connectivity index (χ0v) is 17.8. The van der Waals surface area contributed by atoms with Crippen LogP contribution in [0.25, 0.3) is 10.2 Å². The number of nitrogens with two attached hydrogens (primary N) is 1. The number of benzene rings is 2. The maximum atomic E-state index is 12.5. The number of hydrogen-bond donors (Lipinski definition) is 3. The first-order valence-corrected chi connectivity index (χ1v) is 10.7. The third-order valence-corrected chi connectivity index (χ3v) is 5.49. The van der Waals surface area contributed by atoms with Gasteiger partial charge in [0.05, 0.1) is 28.3 Å². The Hall–Kier alpha value is -2.68. The van der Waals surface area contributed by atoms with Crippen molar-refractivity contribution in [3.05, 3.63) is 58.6 Å². The van der Waals surface area contributed by atoms with E-state index in [2.05, 4.69) is 15.6 Å². The second kappa shape index (κ2) is 10.9. The number of aromatic nitrogens is 1. The molecule has 1 heterocycles. The number of amides is 2. The minimum Gasteiger partial charge on any atom is -0.493 e. The molecule has 2 aromatic carbocycles. The Kier molecular flexibility index (Phi) is 8.01. The van der Waals surface area contributed by atoms with Crippen LogP contribution in [0.5, 0.6) is 5.75 Å². The number of hydrogen-bond acceptors (Lipinski definition) is 6. The Morgan fingerprint density at radius 1 is 1.20 bits per heavy atom. The van der Waals surface area contributed by atoms with E-state index >= 15 is 0 Å². The molecule has 1 aromatic heterocycles. The van der Waals surface area contributed by atoms with Crippen molar-refractivity contribution in [1.82, 2.24) is 15.6 Å². The number of thiazole rings is 1. The van der Waals surface area contributed by atoms with E-state index in [0.29, 0.717) is 23.9 Å². The zero-order valence-electron chi connectivity index (χ0n) is 16.3. The van der Waals surface area contributed by atoms with Gasteiger partial charge in [0.1, 0.15) is 11.8 Å². The number of carbonyl (C=O) groups excluding carboxylic acids is 2. The molecule has 158 valence electrons. The number of carbonyl (C=O) groups is 2. The molecule has 0 saturated heterocycles. The van der Waals surface area contributed by atoms with Crippen LogP contribution in [0, 0.1) is 0 Å². The lowest BCUT2D eigenvalue weighted by Crippen LogP contribution is -2.49. The number of para-hydroxylation sites is 1. The van der Waals surface area contributed by atoms with Crippen LogP contribution in [0.4, 0.5) is 0 Å². The molecule has 0 aliphatic heterocycles. The van der Waals surface area contributed by atoms with Crippen LogP contribution in [0.2, 0.25) is 5.02 Å². The van der Waals surface area contributed by atoms with Gasteiger partial charge in [-0.05, 0) is 30.3 Å². The average molecular weight is 447 g/mol. The molecule has 9 heteroatoms. The van der Waals surface area contributed by atoms with E-state index in [9.17, 15) is 9.59 Å². The van der Waals surface area contributed by atoms with Crippen molar-refractivity contribution < 1.29 is 14.3 Å². The zero-order chi connectivity index (χ0) is 21.3. The number of ether oxygens (including phenoxy) is 1. The van der Waals surface area contributed by atoms with Crippen LogP contribution in [-0.4, -0.2) is 42.5 Å². The fourth-order valence-electron chi connectivity index (χ4n) is 2.78. The topological polar surface area (TPSA) is 106 Å². The van der Waals surface area contributed by atoms with Gasteiger partial charge in [-0.1, -0.05) is 29.8 Å². The maximum absolute atomic E-state index is 12.5. The van der Waals surface area contributed by atoms with Crippen molar-refractivity contribution in [3.63, 3.8) is 0 Å². The van der Waals surface area contributed by atoms with Crippen LogP contribution in [0.3, 0.4) is 0 Å². The lowest BCUT2D eigenvalue weighted by Gasteiger charge is -2.17. The second-order valence-electron chi connectivity index (χ2n) is 6.54. The predicted molar refractivity (Wildman–Crippen MR) is 119 cm³/mol. The largest absolute Gasteiger partial charge is 0.493 e. The van der Waals surface area contributed by atoms with Gasteiger partial charge in [-0.25, -0.2) is 4.98 Å². The second-order valence-corrected chi connectivity index (χ2v) is 8.09. The highest BCUT2D eigenvalue weighted by atomic mass is 35.5. The molecule has 30 heavy (non-hydrogen) atoms. The number of rotatable bonds is 10. The fraction of sp³-hybridized carbons (Fsp3) is 0.286. The Labute approximate surface area is 183 Å².